The first-order valence-corrected chi connectivity index (χ1v) is 6.88. The molecule has 0 fully saturated rings. The van der Waals surface area contributed by atoms with Gasteiger partial charge in [-0.15, -0.1) is 0 Å². The SMILES string of the molecule is CCC(C)CN(CC)Cc1ccc(C(N)=O)cc1N. The number of primary amides is 1. The van der Waals surface area contributed by atoms with Crippen LogP contribution in [0.25, 0.3) is 0 Å². The van der Waals surface area contributed by atoms with Crippen molar-refractivity contribution < 1.29 is 4.79 Å². The highest BCUT2D eigenvalue weighted by molar-refractivity contribution is 5.93. The van der Waals surface area contributed by atoms with Gasteiger partial charge < -0.3 is 11.5 Å². The van der Waals surface area contributed by atoms with Gasteiger partial charge in [0.25, 0.3) is 0 Å². The van der Waals surface area contributed by atoms with Crippen molar-refractivity contribution in [3.05, 3.63) is 29.3 Å². The predicted molar refractivity (Wildman–Crippen MR) is 79.8 cm³/mol. The van der Waals surface area contributed by atoms with Gasteiger partial charge in [-0.1, -0.05) is 33.3 Å². The van der Waals surface area contributed by atoms with Gasteiger partial charge in [0.2, 0.25) is 5.91 Å². The van der Waals surface area contributed by atoms with E-state index >= 15 is 0 Å². The van der Waals surface area contributed by atoms with Gasteiger partial charge in [-0.25, -0.2) is 0 Å². The van der Waals surface area contributed by atoms with Crippen molar-refractivity contribution in [2.24, 2.45) is 11.7 Å². The summed E-state index contributed by atoms with van der Waals surface area (Å²) in [5.74, 6) is 0.233. The Kier molecular flexibility index (Phi) is 5.83. The van der Waals surface area contributed by atoms with E-state index in [0.717, 1.165) is 25.2 Å². The number of hydrogen-bond acceptors (Lipinski definition) is 3. The maximum Gasteiger partial charge on any atom is 0.248 e. The Morgan fingerprint density at radius 2 is 2.05 bits per heavy atom. The molecule has 4 nitrogen and oxygen atoms in total. The predicted octanol–water partition coefficient (Wildman–Crippen LogP) is 2.24. The Labute approximate surface area is 115 Å². The molecule has 0 aliphatic heterocycles. The molecule has 106 valence electrons. The molecule has 1 amide bonds. The maximum atomic E-state index is 11.1. The van der Waals surface area contributed by atoms with Crippen molar-refractivity contribution in [1.29, 1.82) is 0 Å². The molecule has 1 atom stereocenters. The van der Waals surface area contributed by atoms with E-state index in [0.29, 0.717) is 17.2 Å². The van der Waals surface area contributed by atoms with E-state index in [2.05, 4.69) is 25.7 Å². The minimum absolute atomic E-state index is 0.440. The van der Waals surface area contributed by atoms with Gasteiger partial charge in [0, 0.05) is 24.3 Å². The molecule has 0 bridgehead atoms. The Balaban J connectivity index is 2.77. The van der Waals surface area contributed by atoms with Gasteiger partial charge >= 0.3 is 0 Å². The van der Waals surface area contributed by atoms with Gasteiger partial charge in [-0.3, -0.25) is 9.69 Å². The molecule has 0 aliphatic rings. The molecule has 1 aromatic carbocycles. The average Bonchev–Trinajstić information content (AvgIpc) is 2.39. The number of anilines is 1. The first kappa shape index (κ1) is 15.5. The number of carbonyl (C=O) groups excluding carboxylic acids is 1. The highest BCUT2D eigenvalue weighted by Crippen LogP contribution is 2.17. The molecule has 0 saturated carbocycles. The van der Waals surface area contributed by atoms with Crippen LogP contribution in [0.4, 0.5) is 5.69 Å². The molecular weight excluding hydrogens is 238 g/mol. The van der Waals surface area contributed by atoms with Gasteiger partial charge in [0.15, 0.2) is 0 Å². The zero-order chi connectivity index (χ0) is 14.4. The summed E-state index contributed by atoms with van der Waals surface area (Å²) in [4.78, 5) is 13.4. The third-order valence-electron chi connectivity index (χ3n) is 3.54. The fraction of sp³-hybridized carbons (Fsp3) is 0.533. The Bertz CT molecular complexity index is 431. The molecule has 0 aromatic heterocycles. The molecule has 19 heavy (non-hydrogen) atoms. The van der Waals surface area contributed by atoms with Gasteiger partial charge in [0.05, 0.1) is 0 Å². The Morgan fingerprint density at radius 3 is 2.53 bits per heavy atom. The minimum atomic E-state index is -0.440. The smallest absolute Gasteiger partial charge is 0.248 e. The standard InChI is InChI=1S/C15H25N3O/c1-4-11(3)9-18(5-2)10-13-7-6-12(15(17)19)8-14(13)16/h6-8,11H,4-5,9-10,16H2,1-3H3,(H2,17,19). The number of carbonyl (C=O) groups is 1. The van der Waals surface area contributed by atoms with Crippen LogP contribution in [0.15, 0.2) is 18.2 Å². The zero-order valence-electron chi connectivity index (χ0n) is 12.1. The molecule has 4 heteroatoms. The van der Waals surface area contributed by atoms with Crippen LogP contribution in [0.2, 0.25) is 0 Å². The molecule has 1 aromatic rings. The third-order valence-corrected chi connectivity index (χ3v) is 3.54. The third kappa shape index (κ3) is 4.56. The summed E-state index contributed by atoms with van der Waals surface area (Å²) in [6, 6.07) is 5.30. The fourth-order valence-electron chi connectivity index (χ4n) is 2.01. The van der Waals surface area contributed by atoms with Gasteiger partial charge in [0.1, 0.15) is 0 Å². The van der Waals surface area contributed by atoms with Crippen LogP contribution in [-0.2, 0) is 6.54 Å². The molecule has 4 N–H and O–H groups in total. The first-order chi connectivity index (χ1) is 8.97. The van der Waals surface area contributed by atoms with E-state index < -0.39 is 5.91 Å². The molecule has 0 aliphatic carbocycles. The second kappa shape index (κ2) is 7.14. The number of nitrogens with two attached hydrogens (primary N) is 2. The highest BCUT2D eigenvalue weighted by atomic mass is 16.1. The molecule has 0 spiro atoms. The average molecular weight is 263 g/mol. The summed E-state index contributed by atoms with van der Waals surface area (Å²) < 4.78 is 0. The first-order valence-electron chi connectivity index (χ1n) is 6.88. The van der Waals surface area contributed by atoms with Crippen LogP contribution >= 0.6 is 0 Å². The van der Waals surface area contributed by atoms with E-state index in [1.807, 2.05) is 6.07 Å². The zero-order valence-corrected chi connectivity index (χ0v) is 12.1. The van der Waals surface area contributed by atoms with E-state index in [1.54, 1.807) is 12.1 Å². The quantitative estimate of drug-likeness (QED) is 0.741. The summed E-state index contributed by atoms with van der Waals surface area (Å²) in [5, 5.41) is 0. The second-order valence-electron chi connectivity index (χ2n) is 5.12. The van der Waals surface area contributed by atoms with Crippen LogP contribution < -0.4 is 11.5 Å². The Hall–Kier alpha value is -1.55. The van der Waals surface area contributed by atoms with Crippen LogP contribution in [0.3, 0.4) is 0 Å². The van der Waals surface area contributed by atoms with Crippen molar-refractivity contribution in [2.45, 2.75) is 33.7 Å². The molecule has 1 rings (SSSR count). The van der Waals surface area contributed by atoms with E-state index in [4.69, 9.17) is 11.5 Å². The van der Waals surface area contributed by atoms with E-state index in [-0.39, 0.29) is 0 Å². The van der Waals surface area contributed by atoms with E-state index in [9.17, 15) is 4.79 Å². The number of nitrogens with zero attached hydrogens (tertiary/aromatic N) is 1. The molecule has 0 radical (unpaired) electrons. The number of rotatable bonds is 7. The second-order valence-corrected chi connectivity index (χ2v) is 5.12. The highest BCUT2D eigenvalue weighted by Gasteiger charge is 2.11. The minimum Gasteiger partial charge on any atom is -0.398 e. The van der Waals surface area contributed by atoms with Crippen molar-refractivity contribution in [1.82, 2.24) is 4.90 Å². The summed E-state index contributed by atoms with van der Waals surface area (Å²) in [5.41, 5.74) is 13.4. The summed E-state index contributed by atoms with van der Waals surface area (Å²) in [6.07, 6.45) is 1.17. The monoisotopic (exact) mass is 263 g/mol. The van der Waals surface area contributed by atoms with Crippen molar-refractivity contribution in [3.63, 3.8) is 0 Å². The largest absolute Gasteiger partial charge is 0.398 e. The van der Waals surface area contributed by atoms with Gasteiger partial charge in [-0.2, -0.15) is 0 Å². The molecular formula is C15H25N3O. The summed E-state index contributed by atoms with van der Waals surface area (Å²) in [6.45, 7) is 9.46. The van der Waals surface area contributed by atoms with Crippen molar-refractivity contribution >= 4 is 11.6 Å². The lowest BCUT2D eigenvalue weighted by Gasteiger charge is -2.24. The normalized spacial score (nSPS) is 12.6. The van der Waals surface area contributed by atoms with Crippen LogP contribution in [0.1, 0.15) is 43.1 Å². The van der Waals surface area contributed by atoms with Crippen LogP contribution in [0, 0.1) is 5.92 Å². The number of nitrogen functional groups attached to an aromatic ring is 1. The molecule has 0 heterocycles. The molecule has 0 saturated heterocycles. The summed E-state index contributed by atoms with van der Waals surface area (Å²) in [7, 11) is 0. The van der Waals surface area contributed by atoms with Crippen molar-refractivity contribution in [2.75, 3.05) is 18.8 Å². The maximum absolute atomic E-state index is 11.1. The lowest BCUT2D eigenvalue weighted by Crippen LogP contribution is -2.28. The van der Waals surface area contributed by atoms with Gasteiger partial charge in [-0.05, 0) is 30.2 Å². The number of amides is 1. The molecule has 1 unspecified atom stereocenters. The number of benzene rings is 1. The fourth-order valence-corrected chi connectivity index (χ4v) is 2.01. The lowest BCUT2D eigenvalue weighted by molar-refractivity contribution is 0.100. The Morgan fingerprint density at radius 1 is 1.37 bits per heavy atom. The number of hydrogen-bond donors (Lipinski definition) is 2. The topological polar surface area (TPSA) is 72.3 Å². The van der Waals surface area contributed by atoms with E-state index in [1.165, 1.54) is 6.42 Å². The van der Waals surface area contributed by atoms with Crippen LogP contribution in [-0.4, -0.2) is 23.9 Å². The lowest BCUT2D eigenvalue weighted by atomic mass is 10.1. The summed E-state index contributed by atoms with van der Waals surface area (Å²) >= 11 is 0. The van der Waals surface area contributed by atoms with Crippen LogP contribution in [0.5, 0.6) is 0 Å². The van der Waals surface area contributed by atoms with Crippen molar-refractivity contribution in [3.8, 4) is 0 Å².